The molecule has 3 heteroatoms. The molecule has 2 aliphatic rings. The highest BCUT2D eigenvalue weighted by molar-refractivity contribution is 5.54. The average molecular weight is 273 g/mol. The molecule has 0 aromatic heterocycles. The second kappa shape index (κ2) is 5.74. The van der Waals surface area contributed by atoms with Crippen molar-refractivity contribution in [1.82, 2.24) is 9.80 Å². The zero-order valence-electron chi connectivity index (χ0n) is 13.0. The lowest BCUT2D eigenvalue weighted by atomic mass is 9.90. The van der Waals surface area contributed by atoms with Gasteiger partial charge in [-0.15, -0.1) is 0 Å². The minimum absolute atomic E-state index is 0.663. The highest BCUT2D eigenvalue weighted by atomic mass is 15.3. The monoisotopic (exact) mass is 273 g/mol. The Morgan fingerprint density at radius 3 is 2.60 bits per heavy atom. The number of benzene rings is 1. The zero-order chi connectivity index (χ0) is 14.1. The van der Waals surface area contributed by atoms with Gasteiger partial charge in [-0.25, -0.2) is 0 Å². The predicted octanol–water partition coefficient (Wildman–Crippen LogP) is 2.61. The van der Waals surface area contributed by atoms with E-state index in [1.165, 1.54) is 37.3 Å². The van der Waals surface area contributed by atoms with Crippen molar-refractivity contribution in [2.45, 2.75) is 38.3 Å². The summed E-state index contributed by atoms with van der Waals surface area (Å²) in [5, 5.41) is 3.53. The third-order valence-electron chi connectivity index (χ3n) is 5.12. The van der Waals surface area contributed by atoms with Gasteiger partial charge in [0.15, 0.2) is 0 Å². The molecule has 3 nitrogen and oxygen atoms in total. The van der Waals surface area contributed by atoms with Gasteiger partial charge in [0, 0.05) is 49.9 Å². The average Bonchev–Trinajstić information content (AvgIpc) is 2.45. The second-order valence-electron chi connectivity index (χ2n) is 6.58. The molecule has 110 valence electrons. The summed E-state index contributed by atoms with van der Waals surface area (Å²) in [6.07, 6.45) is 1.26. The molecule has 1 N–H and O–H groups in total. The van der Waals surface area contributed by atoms with E-state index in [9.17, 15) is 0 Å². The van der Waals surface area contributed by atoms with Gasteiger partial charge < -0.3 is 5.32 Å². The number of likely N-dealkylation sites (N-methyl/N-ethyl adjacent to an activating group) is 1. The minimum atomic E-state index is 0.663. The smallest absolute Gasteiger partial charge is 0.0376 e. The fraction of sp³-hybridized carbons (Fsp3) is 0.647. The Labute approximate surface area is 123 Å². The van der Waals surface area contributed by atoms with Gasteiger partial charge in [-0.05, 0) is 38.9 Å². The molecule has 3 rings (SSSR count). The number of hydrogen-bond acceptors (Lipinski definition) is 3. The van der Waals surface area contributed by atoms with Crippen LogP contribution in [0.5, 0.6) is 0 Å². The number of nitrogens with zero attached hydrogens (tertiary/aromatic N) is 2. The summed E-state index contributed by atoms with van der Waals surface area (Å²) < 4.78 is 0. The molecule has 3 atom stereocenters. The standard InChI is InChI=1S/C17H27N3/c1-13-10-20(11-14(2)19(13)3)12-15-8-9-18-17-7-5-4-6-16(15)17/h4-7,13-15,18H,8-12H2,1-3H3. The molecule has 2 heterocycles. The van der Waals surface area contributed by atoms with E-state index in [0.717, 1.165) is 6.54 Å². The van der Waals surface area contributed by atoms with Crippen molar-refractivity contribution < 1.29 is 0 Å². The molecular weight excluding hydrogens is 246 g/mol. The molecule has 1 fully saturated rings. The van der Waals surface area contributed by atoms with E-state index in [-0.39, 0.29) is 0 Å². The summed E-state index contributed by atoms with van der Waals surface area (Å²) in [4.78, 5) is 5.18. The third-order valence-corrected chi connectivity index (χ3v) is 5.12. The van der Waals surface area contributed by atoms with Crippen molar-refractivity contribution in [3.63, 3.8) is 0 Å². The number of nitrogens with one attached hydrogen (secondary N) is 1. The van der Waals surface area contributed by atoms with Gasteiger partial charge in [-0.2, -0.15) is 0 Å². The Bertz CT molecular complexity index is 447. The first kappa shape index (κ1) is 13.9. The minimum Gasteiger partial charge on any atom is -0.385 e. The summed E-state index contributed by atoms with van der Waals surface area (Å²) in [7, 11) is 2.26. The van der Waals surface area contributed by atoms with E-state index in [4.69, 9.17) is 0 Å². The van der Waals surface area contributed by atoms with Crippen molar-refractivity contribution in [1.29, 1.82) is 0 Å². The van der Waals surface area contributed by atoms with Gasteiger partial charge >= 0.3 is 0 Å². The zero-order valence-corrected chi connectivity index (χ0v) is 13.0. The molecule has 0 radical (unpaired) electrons. The van der Waals surface area contributed by atoms with Crippen LogP contribution in [-0.4, -0.2) is 55.1 Å². The van der Waals surface area contributed by atoms with E-state index in [0.29, 0.717) is 18.0 Å². The molecule has 0 spiro atoms. The molecule has 20 heavy (non-hydrogen) atoms. The van der Waals surface area contributed by atoms with Crippen LogP contribution in [0.2, 0.25) is 0 Å². The first-order valence-corrected chi connectivity index (χ1v) is 7.92. The van der Waals surface area contributed by atoms with Crippen LogP contribution in [0.1, 0.15) is 31.7 Å². The number of hydrogen-bond donors (Lipinski definition) is 1. The predicted molar refractivity (Wildman–Crippen MR) is 85.4 cm³/mol. The van der Waals surface area contributed by atoms with E-state index < -0.39 is 0 Å². The van der Waals surface area contributed by atoms with Gasteiger partial charge in [-0.3, -0.25) is 9.80 Å². The molecule has 0 bridgehead atoms. The second-order valence-corrected chi connectivity index (χ2v) is 6.58. The summed E-state index contributed by atoms with van der Waals surface area (Å²) in [5.74, 6) is 0.690. The van der Waals surface area contributed by atoms with Crippen LogP contribution in [-0.2, 0) is 0 Å². The Hall–Kier alpha value is -1.06. The first-order chi connectivity index (χ1) is 9.65. The number of fused-ring (bicyclic) bond motifs is 1. The molecule has 1 aromatic carbocycles. The van der Waals surface area contributed by atoms with Crippen molar-refractivity contribution in [2.24, 2.45) is 0 Å². The largest absolute Gasteiger partial charge is 0.385 e. The normalized spacial score (nSPS) is 31.6. The maximum atomic E-state index is 3.53. The molecule has 0 saturated carbocycles. The van der Waals surface area contributed by atoms with Crippen molar-refractivity contribution >= 4 is 5.69 Å². The lowest BCUT2D eigenvalue weighted by molar-refractivity contribution is 0.0559. The van der Waals surface area contributed by atoms with Crippen LogP contribution < -0.4 is 5.32 Å². The van der Waals surface area contributed by atoms with Crippen LogP contribution in [0, 0.1) is 0 Å². The highest BCUT2D eigenvalue weighted by Gasteiger charge is 2.29. The number of anilines is 1. The van der Waals surface area contributed by atoms with Crippen molar-refractivity contribution in [3.05, 3.63) is 29.8 Å². The van der Waals surface area contributed by atoms with Crippen LogP contribution in [0.15, 0.2) is 24.3 Å². The van der Waals surface area contributed by atoms with E-state index in [2.05, 4.69) is 60.3 Å². The quantitative estimate of drug-likeness (QED) is 0.893. The van der Waals surface area contributed by atoms with E-state index in [1.54, 1.807) is 0 Å². The maximum Gasteiger partial charge on any atom is 0.0376 e. The fourth-order valence-corrected chi connectivity index (χ4v) is 3.71. The molecular formula is C17H27N3. The van der Waals surface area contributed by atoms with Crippen LogP contribution in [0.25, 0.3) is 0 Å². The van der Waals surface area contributed by atoms with Crippen molar-refractivity contribution in [3.8, 4) is 0 Å². The van der Waals surface area contributed by atoms with Gasteiger partial charge in [0.1, 0.15) is 0 Å². The summed E-state index contributed by atoms with van der Waals surface area (Å²) in [6, 6.07) is 10.2. The van der Waals surface area contributed by atoms with Crippen LogP contribution >= 0.6 is 0 Å². The lowest BCUT2D eigenvalue weighted by Crippen LogP contribution is -2.55. The Morgan fingerprint density at radius 2 is 1.85 bits per heavy atom. The summed E-state index contributed by atoms with van der Waals surface area (Å²) in [6.45, 7) is 9.42. The molecule has 1 aromatic rings. The molecule has 0 amide bonds. The number of piperazine rings is 1. The van der Waals surface area contributed by atoms with Gasteiger partial charge in [0.2, 0.25) is 0 Å². The summed E-state index contributed by atoms with van der Waals surface area (Å²) in [5.41, 5.74) is 2.86. The highest BCUT2D eigenvalue weighted by Crippen LogP contribution is 2.32. The van der Waals surface area contributed by atoms with Crippen LogP contribution in [0.3, 0.4) is 0 Å². The van der Waals surface area contributed by atoms with Gasteiger partial charge in [0.05, 0.1) is 0 Å². The Kier molecular flexibility index (Phi) is 3.99. The molecule has 1 saturated heterocycles. The van der Waals surface area contributed by atoms with E-state index >= 15 is 0 Å². The lowest BCUT2D eigenvalue weighted by Gasteiger charge is -2.44. The number of para-hydroxylation sites is 1. The molecule has 2 aliphatic heterocycles. The first-order valence-electron chi connectivity index (χ1n) is 7.92. The van der Waals surface area contributed by atoms with Crippen molar-refractivity contribution in [2.75, 3.05) is 38.5 Å². The van der Waals surface area contributed by atoms with Gasteiger partial charge in [-0.1, -0.05) is 18.2 Å². The van der Waals surface area contributed by atoms with Crippen LogP contribution in [0.4, 0.5) is 5.69 Å². The maximum absolute atomic E-state index is 3.53. The third kappa shape index (κ3) is 2.70. The van der Waals surface area contributed by atoms with Gasteiger partial charge in [0.25, 0.3) is 0 Å². The Morgan fingerprint density at radius 1 is 1.15 bits per heavy atom. The van der Waals surface area contributed by atoms with E-state index in [1.807, 2.05) is 0 Å². The molecule has 0 aliphatic carbocycles. The molecule has 3 unspecified atom stereocenters. The SMILES string of the molecule is CC1CN(CC2CCNc3ccccc32)CC(C)N1C. The number of rotatable bonds is 2. The Balaban J connectivity index is 1.70. The fourth-order valence-electron chi connectivity index (χ4n) is 3.71. The summed E-state index contributed by atoms with van der Waals surface area (Å²) >= 11 is 0. The topological polar surface area (TPSA) is 18.5 Å².